The number of carbonyl (C=O) groups is 2. The van der Waals surface area contributed by atoms with Gasteiger partial charge in [0.15, 0.2) is 0 Å². The summed E-state index contributed by atoms with van der Waals surface area (Å²) in [7, 11) is 0. The molecule has 1 N–H and O–H groups in total. The highest BCUT2D eigenvalue weighted by Crippen LogP contribution is 1.75. The predicted molar refractivity (Wildman–Crippen MR) is 31.8 cm³/mol. The molecule has 0 radical (unpaired) electrons. The lowest BCUT2D eigenvalue weighted by atomic mass is 10.5. The van der Waals surface area contributed by atoms with Gasteiger partial charge in [-0.1, -0.05) is 12.8 Å². The molecule has 10 heavy (non-hydrogen) atoms. The molecule has 54 valence electrons. The highest BCUT2D eigenvalue weighted by molar-refractivity contribution is 6.28. The molecule has 0 aromatic carbocycles. The molecule has 0 aliphatic carbocycles. The molecule has 0 atom stereocenters. The topological polar surface area (TPSA) is 63.6 Å². The van der Waals surface area contributed by atoms with E-state index in [-0.39, 0.29) is 0 Å². The Balaban J connectivity index is 3.70. The van der Waals surface area contributed by atoms with Crippen molar-refractivity contribution in [1.82, 2.24) is 0 Å². The van der Waals surface area contributed by atoms with Crippen LogP contribution in [-0.4, -0.2) is 17.0 Å². The van der Waals surface area contributed by atoms with E-state index in [1.807, 2.05) is 6.11 Å². The number of rotatable bonds is 0. The molecule has 4 heteroatoms. The van der Waals surface area contributed by atoms with Crippen LogP contribution in [0.1, 0.15) is 13.3 Å². The number of hydrogen-bond donors (Lipinski definition) is 1. The van der Waals surface area contributed by atoms with E-state index in [4.69, 9.17) is 5.11 Å². The smallest absolute Gasteiger partial charge is 0.431 e. The number of ether oxygens (including phenoxy) is 1. The van der Waals surface area contributed by atoms with Gasteiger partial charge in [0.05, 0.1) is 0 Å². The maximum absolute atomic E-state index is 10.1. The van der Waals surface area contributed by atoms with Crippen LogP contribution in [0.4, 0.5) is 0 Å². The second-order valence-corrected chi connectivity index (χ2v) is 1.33. The third kappa shape index (κ3) is 3.50. The molecule has 0 heterocycles. The zero-order valence-electron chi connectivity index (χ0n) is 5.38. The molecule has 0 aliphatic heterocycles. The van der Waals surface area contributed by atoms with Gasteiger partial charge < -0.3 is 9.84 Å². The second kappa shape index (κ2) is 4.39. The standard InChI is InChI=1S/C6H6O4/c1-2-3-4-10-6(9)5(7)8/h2H2,1H3,(H,7,8). The lowest BCUT2D eigenvalue weighted by Crippen LogP contribution is -2.13. The van der Waals surface area contributed by atoms with Gasteiger partial charge in [-0.2, -0.15) is 0 Å². The average molecular weight is 142 g/mol. The van der Waals surface area contributed by atoms with Crippen molar-refractivity contribution < 1.29 is 19.4 Å². The van der Waals surface area contributed by atoms with Gasteiger partial charge in [0.2, 0.25) is 0 Å². The minimum Gasteiger partial charge on any atom is -0.473 e. The number of carboxylic acid groups (broad SMARTS) is 1. The Morgan fingerprint density at radius 1 is 1.60 bits per heavy atom. The normalized spacial score (nSPS) is 7.30. The summed E-state index contributed by atoms with van der Waals surface area (Å²) in [6, 6.07) is 0. The van der Waals surface area contributed by atoms with Crippen LogP contribution >= 0.6 is 0 Å². The molecule has 0 bridgehead atoms. The molecule has 0 amide bonds. The lowest BCUT2D eigenvalue weighted by Gasteiger charge is -1.84. The van der Waals surface area contributed by atoms with Crippen LogP contribution in [0.3, 0.4) is 0 Å². The molecular formula is C6H6O4. The summed E-state index contributed by atoms with van der Waals surface area (Å²) in [4.78, 5) is 19.8. The summed E-state index contributed by atoms with van der Waals surface area (Å²) in [6.07, 6.45) is 2.46. The summed E-state index contributed by atoms with van der Waals surface area (Å²) < 4.78 is 3.94. The summed E-state index contributed by atoms with van der Waals surface area (Å²) >= 11 is 0. The first-order valence-electron chi connectivity index (χ1n) is 2.60. The summed E-state index contributed by atoms with van der Waals surface area (Å²) in [5.74, 6) is -0.603. The van der Waals surface area contributed by atoms with Crippen LogP contribution in [0, 0.1) is 12.0 Å². The summed E-state index contributed by atoms with van der Waals surface area (Å²) in [5, 5.41) is 7.94. The minimum atomic E-state index is -1.63. The Morgan fingerprint density at radius 2 is 2.20 bits per heavy atom. The fourth-order valence-corrected chi connectivity index (χ4v) is 0.198. The van der Waals surface area contributed by atoms with Crippen molar-refractivity contribution in [3.63, 3.8) is 0 Å². The maximum atomic E-state index is 10.1. The average Bonchev–Trinajstić information content (AvgIpc) is 1.88. The van der Waals surface area contributed by atoms with Crippen LogP contribution in [0.15, 0.2) is 0 Å². The molecular weight excluding hydrogens is 136 g/mol. The molecule has 0 unspecified atom stereocenters. The third-order valence-electron chi connectivity index (χ3n) is 0.567. The van der Waals surface area contributed by atoms with Gasteiger partial charge in [-0.05, 0) is 0 Å². The van der Waals surface area contributed by atoms with Crippen molar-refractivity contribution in [1.29, 1.82) is 0 Å². The summed E-state index contributed by atoms with van der Waals surface area (Å²) in [5.41, 5.74) is 0. The Kier molecular flexibility index (Phi) is 3.73. The Hall–Kier alpha value is -1.50. The van der Waals surface area contributed by atoms with Gasteiger partial charge in [0, 0.05) is 6.42 Å². The number of carboxylic acids is 1. The van der Waals surface area contributed by atoms with Crippen molar-refractivity contribution in [2.45, 2.75) is 13.3 Å². The maximum Gasteiger partial charge on any atom is 0.431 e. The fourth-order valence-electron chi connectivity index (χ4n) is 0.198. The highest BCUT2D eigenvalue weighted by Gasteiger charge is 2.10. The van der Waals surface area contributed by atoms with E-state index in [9.17, 15) is 9.59 Å². The van der Waals surface area contributed by atoms with Crippen LogP contribution in [-0.2, 0) is 14.3 Å². The van der Waals surface area contributed by atoms with E-state index in [1.54, 1.807) is 6.92 Å². The van der Waals surface area contributed by atoms with E-state index in [2.05, 4.69) is 10.7 Å². The number of carbonyl (C=O) groups excluding carboxylic acids is 1. The first kappa shape index (κ1) is 8.50. The fraction of sp³-hybridized carbons (Fsp3) is 0.333. The van der Waals surface area contributed by atoms with Crippen LogP contribution in [0.2, 0.25) is 0 Å². The van der Waals surface area contributed by atoms with Gasteiger partial charge in [0.1, 0.15) is 6.11 Å². The SMILES string of the molecule is CCC#COC(=O)C(=O)O. The van der Waals surface area contributed by atoms with Gasteiger partial charge >= 0.3 is 11.9 Å². The number of hydrogen-bond acceptors (Lipinski definition) is 3. The Labute approximate surface area is 57.8 Å². The zero-order chi connectivity index (χ0) is 7.98. The predicted octanol–water partition coefficient (Wildman–Crippen LogP) is -0.0149. The molecule has 0 spiro atoms. The van der Waals surface area contributed by atoms with Crippen molar-refractivity contribution in [2.75, 3.05) is 0 Å². The van der Waals surface area contributed by atoms with Crippen LogP contribution < -0.4 is 0 Å². The van der Waals surface area contributed by atoms with Gasteiger partial charge in [-0.25, -0.2) is 9.59 Å². The number of aliphatic carboxylic acids is 1. The second-order valence-electron chi connectivity index (χ2n) is 1.33. The van der Waals surface area contributed by atoms with E-state index in [0.29, 0.717) is 6.42 Å². The Bertz CT molecular complexity index is 196. The molecule has 0 aliphatic rings. The third-order valence-corrected chi connectivity index (χ3v) is 0.567. The first-order valence-corrected chi connectivity index (χ1v) is 2.60. The van der Waals surface area contributed by atoms with E-state index in [0.717, 1.165) is 0 Å². The van der Waals surface area contributed by atoms with E-state index in [1.165, 1.54) is 0 Å². The molecule has 0 rings (SSSR count). The van der Waals surface area contributed by atoms with E-state index < -0.39 is 11.9 Å². The van der Waals surface area contributed by atoms with Gasteiger partial charge in [-0.3, -0.25) is 0 Å². The summed E-state index contributed by atoms with van der Waals surface area (Å²) in [6.45, 7) is 1.75. The van der Waals surface area contributed by atoms with Crippen LogP contribution in [0.25, 0.3) is 0 Å². The highest BCUT2D eigenvalue weighted by atomic mass is 16.6. The largest absolute Gasteiger partial charge is 0.473 e. The minimum absolute atomic E-state index is 0.521. The lowest BCUT2D eigenvalue weighted by molar-refractivity contribution is -0.159. The molecule has 0 aromatic rings. The number of esters is 1. The molecule has 0 fully saturated rings. The Morgan fingerprint density at radius 3 is 2.60 bits per heavy atom. The molecule has 0 saturated heterocycles. The van der Waals surface area contributed by atoms with Gasteiger partial charge in [0.25, 0.3) is 0 Å². The van der Waals surface area contributed by atoms with Crippen LogP contribution in [0.5, 0.6) is 0 Å². The molecule has 0 saturated carbocycles. The monoisotopic (exact) mass is 142 g/mol. The van der Waals surface area contributed by atoms with E-state index >= 15 is 0 Å². The van der Waals surface area contributed by atoms with Crippen molar-refractivity contribution >= 4 is 11.9 Å². The van der Waals surface area contributed by atoms with Gasteiger partial charge in [-0.15, -0.1) is 0 Å². The zero-order valence-corrected chi connectivity index (χ0v) is 5.38. The van der Waals surface area contributed by atoms with Crippen molar-refractivity contribution in [3.8, 4) is 12.0 Å². The first-order chi connectivity index (χ1) is 4.68. The van der Waals surface area contributed by atoms with Crippen molar-refractivity contribution in [2.24, 2.45) is 0 Å². The molecule has 0 aromatic heterocycles. The quantitative estimate of drug-likeness (QED) is 0.293. The molecule has 4 nitrogen and oxygen atoms in total. The van der Waals surface area contributed by atoms with Crippen molar-refractivity contribution in [3.05, 3.63) is 0 Å².